The lowest BCUT2D eigenvalue weighted by Crippen LogP contribution is -1.93. The summed E-state index contributed by atoms with van der Waals surface area (Å²) in [5.74, 6) is 0.335. The van der Waals surface area contributed by atoms with Crippen LogP contribution in [0.25, 0.3) is 0 Å². The highest BCUT2D eigenvalue weighted by atomic mass is 32.1. The molecule has 0 N–H and O–H groups in total. The summed E-state index contributed by atoms with van der Waals surface area (Å²) in [7, 11) is 0. The number of nitrogens with zero attached hydrogens (tertiary/aromatic N) is 1. The molecule has 2 rings (SSSR count). The topological polar surface area (TPSA) is 12.9 Å². The first kappa shape index (κ1) is 12.2. The van der Waals surface area contributed by atoms with Gasteiger partial charge in [0.25, 0.3) is 0 Å². The van der Waals surface area contributed by atoms with Crippen molar-refractivity contribution in [3.05, 3.63) is 51.7 Å². The van der Waals surface area contributed by atoms with Crippen molar-refractivity contribution in [3.8, 4) is 0 Å². The molecule has 90 valence electrons. The Labute approximate surface area is 105 Å². The maximum Gasteiger partial charge on any atom is 0.123 e. The average Bonchev–Trinajstić information content (AvgIpc) is 2.80. The minimum absolute atomic E-state index is 0.187. The number of rotatable bonds is 4. The van der Waals surface area contributed by atoms with Gasteiger partial charge in [0, 0.05) is 11.8 Å². The molecule has 1 aromatic heterocycles. The molecule has 0 saturated carbocycles. The third-order valence-electron chi connectivity index (χ3n) is 2.96. The quantitative estimate of drug-likeness (QED) is 0.783. The molecule has 0 radical (unpaired) electrons. The van der Waals surface area contributed by atoms with Crippen LogP contribution in [-0.2, 0) is 6.42 Å². The Morgan fingerprint density at radius 2 is 2.00 bits per heavy atom. The van der Waals surface area contributed by atoms with E-state index in [9.17, 15) is 4.39 Å². The molecular weight excluding hydrogens is 233 g/mol. The summed E-state index contributed by atoms with van der Waals surface area (Å²) in [5, 5.41) is 3.24. The van der Waals surface area contributed by atoms with E-state index in [0.29, 0.717) is 5.92 Å². The van der Waals surface area contributed by atoms with Crippen molar-refractivity contribution >= 4 is 11.3 Å². The summed E-state index contributed by atoms with van der Waals surface area (Å²) in [6, 6.07) is 6.64. The van der Waals surface area contributed by atoms with Gasteiger partial charge in [0.15, 0.2) is 0 Å². The molecule has 0 amide bonds. The number of hydrogen-bond donors (Lipinski definition) is 0. The standard InChI is InChI=1S/C14H16FNS/c1-3-10(2)13-9-17-14(16-13)8-11-4-6-12(15)7-5-11/h4-7,9-10H,3,8H2,1-2H3. The average molecular weight is 249 g/mol. The van der Waals surface area contributed by atoms with E-state index in [1.807, 2.05) is 12.1 Å². The molecule has 1 unspecified atom stereocenters. The van der Waals surface area contributed by atoms with Gasteiger partial charge in [0.1, 0.15) is 5.82 Å². The second kappa shape index (κ2) is 5.41. The van der Waals surface area contributed by atoms with Crippen LogP contribution >= 0.6 is 11.3 Å². The van der Waals surface area contributed by atoms with Crippen molar-refractivity contribution in [2.75, 3.05) is 0 Å². The lowest BCUT2D eigenvalue weighted by molar-refractivity contribution is 0.627. The number of thiazole rings is 1. The molecule has 0 aliphatic carbocycles. The van der Waals surface area contributed by atoms with Gasteiger partial charge in [0.2, 0.25) is 0 Å². The highest BCUT2D eigenvalue weighted by Gasteiger charge is 2.08. The van der Waals surface area contributed by atoms with Crippen LogP contribution in [0.3, 0.4) is 0 Å². The van der Waals surface area contributed by atoms with E-state index >= 15 is 0 Å². The molecule has 3 heteroatoms. The van der Waals surface area contributed by atoms with Gasteiger partial charge in [-0.2, -0.15) is 0 Å². The maximum atomic E-state index is 12.8. The van der Waals surface area contributed by atoms with E-state index in [1.165, 1.54) is 17.8 Å². The molecule has 0 bridgehead atoms. The maximum absolute atomic E-state index is 12.8. The van der Waals surface area contributed by atoms with E-state index in [4.69, 9.17) is 0 Å². The zero-order valence-corrected chi connectivity index (χ0v) is 10.9. The van der Waals surface area contributed by atoms with E-state index < -0.39 is 0 Å². The number of benzene rings is 1. The predicted molar refractivity (Wildman–Crippen MR) is 70.0 cm³/mol. The predicted octanol–water partition coefficient (Wildman–Crippen LogP) is 4.39. The van der Waals surface area contributed by atoms with Gasteiger partial charge < -0.3 is 0 Å². The summed E-state index contributed by atoms with van der Waals surface area (Å²) < 4.78 is 12.8. The van der Waals surface area contributed by atoms with Crippen molar-refractivity contribution in [3.63, 3.8) is 0 Å². The minimum atomic E-state index is -0.187. The first-order chi connectivity index (χ1) is 8.19. The Bertz CT molecular complexity index is 475. The third kappa shape index (κ3) is 3.13. The van der Waals surface area contributed by atoms with Crippen LogP contribution in [0.4, 0.5) is 4.39 Å². The molecule has 1 aromatic carbocycles. The van der Waals surface area contributed by atoms with Crippen molar-refractivity contribution in [1.82, 2.24) is 4.98 Å². The largest absolute Gasteiger partial charge is 0.246 e. The summed E-state index contributed by atoms with van der Waals surface area (Å²) in [6.45, 7) is 4.36. The smallest absolute Gasteiger partial charge is 0.123 e. The van der Waals surface area contributed by atoms with Gasteiger partial charge in [0.05, 0.1) is 10.7 Å². The van der Waals surface area contributed by atoms with Crippen LogP contribution in [0.1, 0.15) is 42.5 Å². The molecule has 1 nitrogen and oxygen atoms in total. The van der Waals surface area contributed by atoms with Crippen molar-refractivity contribution in [1.29, 1.82) is 0 Å². The summed E-state index contributed by atoms with van der Waals surface area (Å²) >= 11 is 1.69. The van der Waals surface area contributed by atoms with Crippen LogP contribution in [0.15, 0.2) is 29.6 Å². The van der Waals surface area contributed by atoms with Crippen LogP contribution in [0, 0.1) is 5.82 Å². The van der Waals surface area contributed by atoms with Crippen molar-refractivity contribution < 1.29 is 4.39 Å². The minimum Gasteiger partial charge on any atom is -0.246 e. The Morgan fingerprint density at radius 1 is 1.29 bits per heavy atom. The van der Waals surface area contributed by atoms with Gasteiger partial charge in [-0.05, 0) is 30.0 Å². The van der Waals surface area contributed by atoms with E-state index in [0.717, 1.165) is 23.4 Å². The Hall–Kier alpha value is -1.22. The van der Waals surface area contributed by atoms with Gasteiger partial charge in [-0.3, -0.25) is 0 Å². The molecular formula is C14H16FNS. The van der Waals surface area contributed by atoms with Gasteiger partial charge in [-0.1, -0.05) is 26.0 Å². The summed E-state index contributed by atoms with van der Waals surface area (Å²) in [4.78, 5) is 4.62. The molecule has 0 aliphatic heterocycles. The molecule has 2 aromatic rings. The first-order valence-electron chi connectivity index (χ1n) is 5.87. The Balaban J connectivity index is 2.08. The Morgan fingerprint density at radius 3 is 2.65 bits per heavy atom. The van der Waals surface area contributed by atoms with Crippen molar-refractivity contribution in [2.45, 2.75) is 32.6 Å². The van der Waals surface area contributed by atoms with Crippen molar-refractivity contribution in [2.24, 2.45) is 0 Å². The third-order valence-corrected chi connectivity index (χ3v) is 3.82. The first-order valence-corrected chi connectivity index (χ1v) is 6.75. The summed E-state index contributed by atoms with van der Waals surface area (Å²) in [6.07, 6.45) is 1.90. The Kier molecular flexibility index (Phi) is 3.89. The molecule has 1 atom stereocenters. The van der Waals surface area contributed by atoms with E-state index in [-0.39, 0.29) is 5.82 Å². The highest BCUT2D eigenvalue weighted by molar-refractivity contribution is 7.09. The molecule has 1 heterocycles. The van der Waals surface area contributed by atoms with E-state index in [1.54, 1.807) is 11.3 Å². The molecule has 0 fully saturated rings. The molecule has 0 aliphatic rings. The zero-order chi connectivity index (χ0) is 12.3. The molecule has 0 spiro atoms. The fraction of sp³-hybridized carbons (Fsp3) is 0.357. The second-order valence-corrected chi connectivity index (χ2v) is 5.22. The highest BCUT2D eigenvalue weighted by Crippen LogP contribution is 2.22. The van der Waals surface area contributed by atoms with Gasteiger partial charge in [-0.25, -0.2) is 9.37 Å². The van der Waals surface area contributed by atoms with Crippen LogP contribution in [0.2, 0.25) is 0 Å². The number of hydrogen-bond acceptors (Lipinski definition) is 2. The van der Waals surface area contributed by atoms with Crippen LogP contribution in [0.5, 0.6) is 0 Å². The fourth-order valence-electron chi connectivity index (χ4n) is 1.62. The van der Waals surface area contributed by atoms with Crippen LogP contribution < -0.4 is 0 Å². The second-order valence-electron chi connectivity index (χ2n) is 4.28. The molecule has 0 saturated heterocycles. The monoisotopic (exact) mass is 249 g/mol. The molecule has 17 heavy (non-hydrogen) atoms. The fourth-order valence-corrected chi connectivity index (χ4v) is 2.57. The van der Waals surface area contributed by atoms with Gasteiger partial charge >= 0.3 is 0 Å². The zero-order valence-electron chi connectivity index (χ0n) is 10.1. The number of aromatic nitrogens is 1. The van der Waals surface area contributed by atoms with E-state index in [2.05, 4.69) is 24.2 Å². The number of halogens is 1. The SMILES string of the molecule is CCC(C)c1csc(Cc2ccc(F)cc2)n1. The van der Waals surface area contributed by atoms with Crippen LogP contribution in [-0.4, -0.2) is 4.98 Å². The summed E-state index contributed by atoms with van der Waals surface area (Å²) in [5.41, 5.74) is 2.28. The normalized spacial score (nSPS) is 12.6. The lowest BCUT2D eigenvalue weighted by Gasteiger charge is -2.02. The van der Waals surface area contributed by atoms with Gasteiger partial charge in [-0.15, -0.1) is 11.3 Å². The lowest BCUT2D eigenvalue weighted by atomic mass is 10.1.